The predicted octanol–water partition coefficient (Wildman–Crippen LogP) is 4.54. The Bertz CT molecular complexity index is 298. The van der Waals surface area contributed by atoms with E-state index < -0.39 is 0 Å². The van der Waals surface area contributed by atoms with E-state index in [0.29, 0.717) is 0 Å². The monoisotopic (exact) mass is 242 g/mol. The molecule has 76 valence electrons. The van der Waals surface area contributed by atoms with Crippen molar-refractivity contribution < 1.29 is 0 Å². The van der Waals surface area contributed by atoms with Crippen LogP contribution in [-0.4, -0.2) is 8.94 Å². The first-order valence-electron chi connectivity index (χ1n) is 4.44. The first-order chi connectivity index (χ1) is 6.49. The molecule has 0 aliphatic rings. The molecule has 14 heavy (non-hydrogen) atoms. The van der Waals surface area contributed by atoms with Crippen molar-refractivity contribution in [3.05, 3.63) is 35.9 Å². The third kappa shape index (κ3) is 4.49. The van der Waals surface area contributed by atoms with Crippen LogP contribution in [0.5, 0.6) is 0 Å². The van der Waals surface area contributed by atoms with Crippen LogP contribution in [0.25, 0.3) is 0 Å². The Morgan fingerprint density at radius 2 is 1.71 bits per heavy atom. The van der Waals surface area contributed by atoms with Crippen LogP contribution in [0.2, 0.25) is 0 Å². The highest BCUT2D eigenvalue weighted by atomic mass is 33.1. The first-order valence-corrected chi connectivity index (χ1v) is 7.00. The van der Waals surface area contributed by atoms with Crippen molar-refractivity contribution in [3.63, 3.8) is 0 Å². The molecule has 0 radical (unpaired) electrons. The van der Waals surface area contributed by atoms with Crippen molar-refractivity contribution in [1.29, 1.82) is 0 Å². The van der Waals surface area contributed by atoms with E-state index in [0.717, 1.165) is 9.76 Å². The van der Waals surface area contributed by atoms with Crippen LogP contribution < -0.4 is 0 Å². The van der Waals surface area contributed by atoms with Gasteiger partial charge in [-0.1, -0.05) is 74.1 Å². The second-order valence-electron chi connectivity index (χ2n) is 3.93. The van der Waals surface area contributed by atoms with Gasteiger partial charge in [-0.2, -0.15) is 0 Å². The van der Waals surface area contributed by atoms with Crippen molar-refractivity contribution in [2.24, 2.45) is 0 Å². The van der Waals surface area contributed by atoms with E-state index in [1.807, 2.05) is 29.0 Å². The molecule has 1 aromatic rings. The number of thiocarbonyl (C=S) groups is 1. The van der Waals surface area contributed by atoms with Gasteiger partial charge in [-0.05, 0) is 16.4 Å². The van der Waals surface area contributed by atoms with Crippen LogP contribution in [0.1, 0.15) is 26.3 Å². The van der Waals surface area contributed by atoms with E-state index in [2.05, 4.69) is 32.9 Å². The van der Waals surface area contributed by atoms with Crippen LogP contribution in [0, 0.1) is 0 Å². The maximum absolute atomic E-state index is 5.33. The van der Waals surface area contributed by atoms with E-state index in [1.165, 1.54) is 0 Å². The largest absolute Gasteiger partial charge is 0.0885 e. The molecule has 0 N–H and O–H groups in total. The van der Waals surface area contributed by atoms with Gasteiger partial charge in [0.25, 0.3) is 0 Å². The lowest BCUT2D eigenvalue weighted by Gasteiger charge is -2.16. The Labute approximate surface area is 99.3 Å². The van der Waals surface area contributed by atoms with E-state index in [9.17, 15) is 0 Å². The van der Waals surface area contributed by atoms with Gasteiger partial charge in [-0.3, -0.25) is 0 Å². The summed E-state index contributed by atoms with van der Waals surface area (Å²) in [7, 11) is 3.50. The summed E-state index contributed by atoms with van der Waals surface area (Å²) in [6.07, 6.45) is 0. The van der Waals surface area contributed by atoms with Crippen molar-refractivity contribution >= 4 is 38.0 Å². The molecular formula is C11H14S3. The zero-order valence-electron chi connectivity index (χ0n) is 8.61. The molecule has 0 amide bonds. The van der Waals surface area contributed by atoms with Crippen molar-refractivity contribution in [3.8, 4) is 0 Å². The molecule has 1 rings (SSSR count). The van der Waals surface area contributed by atoms with Gasteiger partial charge in [0.1, 0.15) is 0 Å². The van der Waals surface area contributed by atoms with Crippen molar-refractivity contribution in [2.45, 2.75) is 25.5 Å². The van der Waals surface area contributed by atoms with Gasteiger partial charge in [-0.25, -0.2) is 0 Å². The SMILES string of the molecule is CC(C)(C)SSC(=S)c1ccccc1. The second kappa shape index (κ2) is 5.19. The van der Waals surface area contributed by atoms with Crippen molar-refractivity contribution in [1.82, 2.24) is 0 Å². The summed E-state index contributed by atoms with van der Waals surface area (Å²) in [6, 6.07) is 10.2. The number of hydrogen-bond acceptors (Lipinski definition) is 3. The molecule has 0 nitrogen and oxygen atoms in total. The van der Waals surface area contributed by atoms with E-state index in [-0.39, 0.29) is 4.75 Å². The molecule has 0 spiro atoms. The Morgan fingerprint density at radius 1 is 1.14 bits per heavy atom. The highest BCUT2D eigenvalue weighted by Crippen LogP contribution is 2.37. The van der Waals surface area contributed by atoms with Crippen molar-refractivity contribution in [2.75, 3.05) is 0 Å². The fourth-order valence-corrected chi connectivity index (χ4v) is 3.05. The molecule has 0 atom stereocenters. The topological polar surface area (TPSA) is 0 Å². The average molecular weight is 242 g/mol. The molecule has 1 aromatic carbocycles. The number of benzene rings is 1. The fourth-order valence-electron chi connectivity index (χ4n) is 0.785. The number of hydrogen-bond donors (Lipinski definition) is 0. The Hall–Kier alpha value is 0.01000. The van der Waals surface area contributed by atoms with Gasteiger partial charge in [-0.15, -0.1) is 0 Å². The molecule has 0 bridgehead atoms. The fraction of sp³-hybridized carbons (Fsp3) is 0.364. The third-order valence-corrected chi connectivity index (χ3v) is 5.40. The summed E-state index contributed by atoms with van der Waals surface area (Å²) in [6.45, 7) is 6.58. The smallest absolute Gasteiger partial charge is 0.0821 e. The maximum atomic E-state index is 5.33. The summed E-state index contributed by atoms with van der Waals surface area (Å²) >= 11 is 5.33. The van der Waals surface area contributed by atoms with Gasteiger partial charge >= 0.3 is 0 Å². The van der Waals surface area contributed by atoms with Crippen LogP contribution in [0.3, 0.4) is 0 Å². The molecule has 0 aromatic heterocycles. The van der Waals surface area contributed by atoms with Gasteiger partial charge in [0.2, 0.25) is 0 Å². The van der Waals surface area contributed by atoms with Crippen LogP contribution in [-0.2, 0) is 0 Å². The summed E-state index contributed by atoms with van der Waals surface area (Å²) in [5, 5.41) is 0. The van der Waals surface area contributed by atoms with Crippen LogP contribution >= 0.6 is 33.8 Å². The molecule has 0 aliphatic heterocycles. The standard InChI is InChI=1S/C11H14S3/c1-11(2,3)14-13-10(12)9-7-5-4-6-8-9/h4-8H,1-3H3. The summed E-state index contributed by atoms with van der Waals surface area (Å²) in [4.78, 5) is 0. The second-order valence-corrected chi connectivity index (χ2v) is 7.57. The molecule has 0 fully saturated rings. The quantitative estimate of drug-likeness (QED) is 0.552. The minimum absolute atomic E-state index is 0.253. The Kier molecular flexibility index (Phi) is 4.48. The van der Waals surface area contributed by atoms with Gasteiger partial charge < -0.3 is 0 Å². The van der Waals surface area contributed by atoms with E-state index >= 15 is 0 Å². The van der Waals surface area contributed by atoms with Gasteiger partial charge in [0.05, 0.1) is 4.20 Å². The minimum atomic E-state index is 0.253. The van der Waals surface area contributed by atoms with Gasteiger partial charge in [0, 0.05) is 4.75 Å². The normalized spacial score (nSPS) is 11.4. The van der Waals surface area contributed by atoms with E-state index in [4.69, 9.17) is 12.2 Å². The summed E-state index contributed by atoms with van der Waals surface area (Å²) in [5.74, 6) is 0. The van der Waals surface area contributed by atoms with Crippen LogP contribution in [0.15, 0.2) is 30.3 Å². The third-order valence-electron chi connectivity index (χ3n) is 1.38. The number of rotatable bonds is 2. The molecule has 3 heteroatoms. The molecule has 0 unspecified atom stereocenters. The Morgan fingerprint density at radius 3 is 2.21 bits per heavy atom. The lowest BCUT2D eigenvalue weighted by atomic mass is 10.2. The predicted molar refractivity (Wildman–Crippen MR) is 73.1 cm³/mol. The zero-order chi connectivity index (χ0) is 10.6. The molecule has 0 saturated carbocycles. The molecular weight excluding hydrogens is 228 g/mol. The minimum Gasteiger partial charge on any atom is -0.0821 e. The van der Waals surface area contributed by atoms with E-state index in [1.54, 1.807) is 10.8 Å². The molecule has 0 saturated heterocycles. The average Bonchev–Trinajstić information content (AvgIpc) is 2.14. The lowest BCUT2D eigenvalue weighted by Crippen LogP contribution is -2.05. The maximum Gasteiger partial charge on any atom is 0.0885 e. The lowest BCUT2D eigenvalue weighted by molar-refractivity contribution is 0.810. The summed E-state index contributed by atoms with van der Waals surface area (Å²) < 4.78 is 1.22. The zero-order valence-corrected chi connectivity index (χ0v) is 11.1. The highest BCUT2D eigenvalue weighted by molar-refractivity contribution is 8.84. The summed E-state index contributed by atoms with van der Waals surface area (Å²) in [5.41, 5.74) is 1.14. The van der Waals surface area contributed by atoms with Crippen LogP contribution in [0.4, 0.5) is 0 Å². The molecule has 0 heterocycles. The highest BCUT2D eigenvalue weighted by Gasteiger charge is 2.13. The molecule has 0 aliphatic carbocycles. The first kappa shape index (κ1) is 12.1. The Balaban J connectivity index is 2.52. The van der Waals surface area contributed by atoms with Gasteiger partial charge in [0.15, 0.2) is 0 Å².